The lowest BCUT2D eigenvalue weighted by Crippen LogP contribution is -2.28. The molecule has 0 aromatic rings. The summed E-state index contributed by atoms with van der Waals surface area (Å²) in [5.74, 6) is -1.05. The SMILES string of the molecule is CCCCC(C)(C)[C@H](O)C=C[C@@H]1[C@@H](C/C=C/CCCC(=O)O)[C@H](O)C[C@H]1O. The third-order valence-electron chi connectivity index (χ3n) is 5.74. The smallest absolute Gasteiger partial charge is 0.303 e. The van der Waals surface area contributed by atoms with Crippen molar-refractivity contribution in [3.05, 3.63) is 24.3 Å². The molecule has 4 N–H and O–H groups in total. The molecule has 0 spiro atoms. The van der Waals surface area contributed by atoms with Gasteiger partial charge in [-0.15, -0.1) is 0 Å². The molecule has 0 bridgehead atoms. The molecule has 0 amide bonds. The lowest BCUT2D eigenvalue weighted by molar-refractivity contribution is -0.137. The average Bonchev–Trinajstić information content (AvgIpc) is 2.86. The highest BCUT2D eigenvalue weighted by Gasteiger charge is 2.39. The van der Waals surface area contributed by atoms with Gasteiger partial charge in [0.25, 0.3) is 0 Å². The maximum absolute atomic E-state index is 10.5. The first-order chi connectivity index (χ1) is 12.7. The number of aliphatic hydroxyl groups excluding tert-OH is 3. The topological polar surface area (TPSA) is 98.0 Å². The Morgan fingerprint density at radius 2 is 1.89 bits per heavy atom. The van der Waals surface area contributed by atoms with Crippen molar-refractivity contribution in [2.45, 2.75) is 90.4 Å². The molecule has 0 radical (unpaired) electrons. The molecule has 0 aromatic heterocycles. The van der Waals surface area contributed by atoms with Gasteiger partial charge in [-0.2, -0.15) is 0 Å². The molecular formula is C22H38O5. The molecule has 1 rings (SSSR count). The zero-order chi connectivity index (χ0) is 20.4. The van der Waals surface area contributed by atoms with Gasteiger partial charge in [-0.05, 0) is 37.0 Å². The van der Waals surface area contributed by atoms with E-state index in [0.717, 1.165) is 19.3 Å². The van der Waals surface area contributed by atoms with Gasteiger partial charge in [0.15, 0.2) is 0 Å². The zero-order valence-corrected chi connectivity index (χ0v) is 17.1. The Labute approximate surface area is 163 Å². The number of aliphatic hydroxyl groups is 3. The van der Waals surface area contributed by atoms with E-state index < -0.39 is 24.3 Å². The van der Waals surface area contributed by atoms with Gasteiger partial charge >= 0.3 is 5.97 Å². The summed E-state index contributed by atoms with van der Waals surface area (Å²) in [6.45, 7) is 6.23. The second-order valence-corrected chi connectivity index (χ2v) is 8.53. The quantitative estimate of drug-likeness (QED) is 0.305. The lowest BCUT2D eigenvalue weighted by Gasteiger charge is -2.29. The van der Waals surface area contributed by atoms with Crippen molar-refractivity contribution >= 4 is 5.97 Å². The van der Waals surface area contributed by atoms with Crippen LogP contribution in [0.1, 0.15) is 72.1 Å². The first-order valence-electron chi connectivity index (χ1n) is 10.3. The molecule has 0 saturated heterocycles. The molecule has 0 heterocycles. The standard InChI is InChI=1S/C22H38O5/c1-4-5-14-22(2,3)20(25)13-12-17-16(18(23)15-19(17)24)10-8-6-7-9-11-21(26)27/h6,8,12-13,16-20,23-25H,4-5,7,9-11,14-15H2,1-3H3,(H,26,27)/b8-6+,13-12?/t16-,17-,18-,19-,20-/m1/s1. The minimum Gasteiger partial charge on any atom is -0.481 e. The van der Waals surface area contributed by atoms with E-state index in [2.05, 4.69) is 20.8 Å². The van der Waals surface area contributed by atoms with Crippen LogP contribution in [-0.2, 0) is 4.79 Å². The number of rotatable bonds is 12. The number of carboxylic acids is 1. The van der Waals surface area contributed by atoms with E-state index in [4.69, 9.17) is 5.11 Å². The van der Waals surface area contributed by atoms with Crippen LogP contribution in [-0.4, -0.2) is 44.7 Å². The monoisotopic (exact) mass is 382 g/mol. The van der Waals surface area contributed by atoms with E-state index in [9.17, 15) is 20.1 Å². The van der Waals surface area contributed by atoms with E-state index in [1.807, 2.05) is 18.2 Å². The highest BCUT2D eigenvalue weighted by atomic mass is 16.4. The van der Waals surface area contributed by atoms with E-state index in [-0.39, 0.29) is 23.7 Å². The van der Waals surface area contributed by atoms with Crippen molar-refractivity contribution in [1.29, 1.82) is 0 Å². The van der Waals surface area contributed by atoms with Crippen LogP contribution in [0, 0.1) is 17.3 Å². The van der Waals surface area contributed by atoms with Gasteiger partial charge in [0, 0.05) is 18.8 Å². The van der Waals surface area contributed by atoms with Crippen molar-refractivity contribution in [1.82, 2.24) is 0 Å². The number of aliphatic carboxylic acids is 1. The number of hydrogen-bond acceptors (Lipinski definition) is 4. The molecule has 5 atom stereocenters. The summed E-state index contributed by atoms with van der Waals surface area (Å²) in [6.07, 6.45) is 11.4. The molecule has 0 aliphatic heterocycles. The molecule has 5 heteroatoms. The van der Waals surface area contributed by atoms with E-state index in [0.29, 0.717) is 25.7 Å². The molecule has 27 heavy (non-hydrogen) atoms. The van der Waals surface area contributed by atoms with Gasteiger partial charge < -0.3 is 20.4 Å². The predicted molar refractivity (Wildman–Crippen MR) is 107 cm³/mol. The van der Waals surface area contributed by atoms with Crippen LogP contribution < -0.4 is 0 Å². The fourth-order valence-corrected chi connectivity index (χ4v) is 3.72. The maximum atomic E-state index is 10.5. The molecule has 1 fully saturated rings. The fourth-order valence-electron chi connectivity index (χ4n) is 3.72. The Kier molecular flexibility index (Phi) is 10.3. The molecule has 0 unspecified atom stereocenters. The van der Waals surface area contributed by atoms with Crippen LogP contribution >= 0.6 is 0 Å². The van der Waals surface area contributed by atoms with Gasteiger partial charge in [0.1, 0.15) is 0 Å². The fraction of sp³-hybridized carbons (Fsp3) is 0.773. The molecule has 1 aliphatic carbocycles. The van der Waals surface area contributed by atoms with Gasteiger partial charge in [-0.1, -0.05) is 57.9 Å². The summed E-state index contributed by atoms with van der Waals surface area (Å²) in [7, 11) is 0. The number of unbranched alkanes of at least 4 members (excludes halogenated alkanes) is 2. The van der Waals surface area contributed by atoms with E-state index in [1.165, 1.54) is 0 Å². The van der Waals surface area contributed by atoms with Crippen LogP contribution in [0.15, 0.2) is 24.3 Å². The number of allylic oxidation sites excluding steroid dienone is 2. The first-order valence-corrected chi connectivity index (χ1v) is 10.3. The number of carbonyl (C=O) groups is 1. The maximum Gasteiger partial charge on any atom is 0.303 e. The van der Waals surface area contributed by atoms with Gasteiger partial charge in [0.2, 0.25) is 0 Å². The second kappa shape index (κ2) is 11.6. The van der Waals surface area contributed by atoms with Gasteiger partial charge in [0.05, 0.1) is 18.3 Å². The molecule has 1 aliphatic rings. The third kappa shape index (κ3) is 8.16. The zero-order valence-electron chi connectivity index (χ0n) is 17.1. The highest BCUT2D eigenvalue weighted by molar-refractivity contribution is 5.66. The Morgan fingerprint density at radius 1 is 1.19 bits per heavy atom. The number of hydrogen-bond donors (Lipinski definition) is 4. The van der Waals surface area contributed by atoms with Crippen molar-refractivity contribution in [3.63, 3.8) is 0 Å². The number of carboxylic acid groups (broad SMARTS) is 1. The summed E-state index contributed by atoms with van der Waals surface area (Å²) < 4.78 is 0. The van der Waals surface area contributed by atoms with Crippen LogP contribution in [0.2, 0.25) is 0 Å². The van der Waals surface area contributed by atoms with Crippen LogP contribution in [0.25, 0.3) is 0 Å². The Morgan fingerprint density at radius 3 is 2.52 bits per heavy atom. The second-order valence-electron chi connectivity index (χ2n) is 8.53. The van der Waals surface area contributed by atoms with E-state index >= 15 is 0 Å². The summed E-state index contributed by atoms with van der Waals surface area (Å²) in [5.41, 5.74) is -0.214. The van der Waals surface area contributed by atoms with Crippen molar-refractivity contribution in [3.8, 4) is 0 Å². The predicted octanol–water partition coefficient (Wildman–Crippen LogP) is 3.68. The Bertz CT molecular complexity index is 497. The first kappa shape index (κ1) is 23.9. The van der Waals surface area contributed by atoms with Crippen molar-refractivity contribution in [2.24, 2.45) is 17.3 Å². The van der Waals surface area contributed by atoms with Crippen molar-refractivity contribution < 1.29 is 25.2 Å². The summed E-state index contributed by atoms with van der Waals surface area (Å²) in [5, 5.41) is 39.7. The average molecular weight is 383 g/mol. The molecule has 1 saturated carbocycles. The highest BCUT2D eigenvalue weighted by Crippen LogP contribution is 2.37. The normalized spacial score (nSPS) is 27.6. The van der Waals surface area contributed by atoms with Gasteiger partial charge in [-0.25, -0.2) is 0 Å². The summed E-state index contributed by atoms with van der Waals surface area (Å²) in [4.78, 5) is 10.5. The minimum absolute atomic E-state index is 0.0853. The molecule has 0 aromatic carbocycles. The molecular weight excluding hydrogens is 344 g/mol. The summed E-state index contributed by atoms with van der Waals surface area (Å²) >= 11 is 0. The lowest BCUT2D eigenvalue weighted by atomic mass is 9.80. The third-order valence-corrected chi connectivity index (χ3v) is 5.74. The molecule has 5 nitrogen and oxygen atoms in total. The van der Waals surface area contributed by atoms with E-state index in [1.54, 1.807) is 6.08 Å². The Hall–Kier alpha value is -1.17. The Balaban J connectivity index is 2.62. The van der Waals surface area contributed by atoms with Crippen LogP contribution in [0.4, 0.5) is 0 Å². The van der Waals surface area contributed by atoms with Crippen molar-refractivity contribution in [2.75, 3.05) is 0 Å². The van der Waals surface area contributed by atoms with Crippen LogP contribution in [0.3, 0.4) is 0 Å². The van der Waals surface area contributed by atoms with Gasteiger partial charge in [-0.3, -0.25) is 4.79 Å². The summed E-state index contributed by atoms with van der Waals surface area (Å²) in [6, 6.07) is 0. The minimum atomic E-state index is -0.789. The largest absolute Gasteiger partial charge is 0.481 e. The van der Waals surface area contributed by atoms with Crippen LogP contribution in [0.5, 0.6) is 0 Å². The molecule has 156 valence electrons.